The minimum atomic E-state index is -0.766. The van der Waals surface area contributed by atoms with Crippen molar-refractivity contribution in [1.82, 2.24) is 0 Å². The molecule has 0 bridgehead atoms. The van der Waals surface area contributed by atoms with E-state index in [2.05, 4.69) is 20.8 Å². The van der Waals surface area contributed by atoms with Crippen LogP contribution < -0.4 is 4.74 Å². The molecule has 3 N–H and O–H groups in total. The highest BCUT2D eigenvalue weighted by Gasteiger charge is 2.58. The molecule has 0 amide bonds. The predicted molar refractivity (Wildman–Crippen MR) is 97.8 cm³/mol. The molecule has 2 fully saturated rings. The molecule has 0 spiro atoms. The summed E-state index contributed by atoms with van der Waals surface area (Å²) in [5, 5.41) is 30.4. The zero-order chi connectivity index (χ0) is 18.5. The Morgan fingerprint density at radius 1 is 1.00 bits per heavy atom. The summed E-state index contributed by atoms with van der Waals surface area (Å²) in [5.41, 5.74) is -0.453. The Balaban J connectivity index is 1.85. The monoisotopic (exact) mass is 348 g/mol. The first kappa shape index (κ1) is 18.4. The van der Waals surface area contributed by atoms with Gasteiger partial charge in [-0.2, -0.15) is 0 Å². The Kier molecular flexibility index (Phi) is 4.47. The summed E-state index contributed by atoms with van der Waals surface area (Å²) in [6.45, 7) is 9.36. The lowest BCUT2D eigenvalue weighted by Gasteiger charge is -2.60. The van der Waals surface area contributed by atoms with Gasteiger partial charge in [-0.05, 0) is 49.4 Å². The minimum Gasteiger partial charge on any atom is -0.508 e. The van der Waals surface area contributed by atoms with Gasteiger partial charge in [0.25, 0.3) is 0 Å². The summed E-state index contributed by atoms with van der Waals surface area (Å²) in [5.74, 6) is 0.985. The Hall–Kier alpha value is -1.42. The van der Waals surface area contributed by atoms with E-state index in [9.17, 15) is 15.3 Å². The number of aliphatic hydroxyl groups is 1. The van der Waals surface area contributed by atoms with Gasteiger partial charge in [-0.15, -0.1) is 0 Å². The van der Waals surface area contributed by atoms with Crippen LogP contribution >= 0.6 is 0 Å². The van der Waals surface area contributed by atoms with E-state index in [0.717, 1.165) is 19.3 Å². The molecule has 140 valence electrons. The van der Waals surface area contributed by atoms with Crippen LogP contribution in [0.5, 0.6) is 17.2 Å². The fraction of sp³-hybridized carbons (Fsp3) is 0.714. The third-order valence-electron chi connectivity index (χ3n) is 7.05. The van der Waals surface area contributed by atoms with Crippen LogP contribution in [0, 0.1) is 22.7 Å². The average molecular weight is 348 g/mol. The van der Waals surface area contributed by atoms with Crippen molar-refractivity contribution in [3.63, 3.8) is 0 Å². The molecule has 1 aromatic carbocycles. The van der Waals surface area contributed by atoms with E-state index in [1.165, 1.54) is 31.0 Å². The van der Waals surface area contributed by atoms with Gasteiger partial charge in [-0.25, -0.2) is 0 Å². The van der Waals surface area contributed by atoms with Crippen molar-refractivity contribution in [1.29, 1.82) is 0 Å². The van der Waals surface area contributed by atoms with Crippen LogP contribution in [0.3, 0.4) is 0 Å². The molecule has 4 atom stereocenters. The quantitative estimate of drug-likeness (QED) is 0.754. The largest absolute Gasteiger partial charge is 0.508 e. The number of rotatable bonds is 3. The fourth-order valence-corrected chi connectivity index (χ4v) is 5.83. The van der Waals surface area contributed by atoms with Crippen LogP contribution in [-0.4, -0.2) is 27.5 Å². The van der Waals surface area contributed by atoms with Crippen LogP contribution in [0.2, 0.25) is 0 Å². The van der Waals surface area contributed by atoms with Crippen LogP contribution in [0.1, 0.15) is 59.8 Å². The van der Waals surface area contributed by atoms with Gasteiger partial charge in [0.05, 0.1) is 12.2 Å². The van der Waals surface area contributed by atoms with Crippen LogP contribution in [0.25, 0.3) is 0 Å². The molecule has 0 heterocycles. The van der Waals surface area contributed by atoms with Crippen molar-refractivity contribution in [2.45, 2.75) is 65.4 Å². The van der Waals surface area contributed by atoms with Crippen LogP contribution in [-0.2, 0) is 0 Å². The molecule has 4 nitrogen and oxygen atoms in total. The summed E-state index contributed by atoms with van der Waals surface area (Å²) in [7, 11) is 0. The maximum absolute atomic E-state index is 11.1. The van der Waals surface area contributed by atoms with E-state index < -0.39 is 5.60 Å². The molecule has 25 heavy (non-hydrogen) atoms. The number of phenolic OH excluding ortho intramolecular Hbond substituents is 2. The molecule has 2 saturated carbocycles. The van der Waals surface area contributed by atoms with Crippen molar-refractivity contribution in [2.24, 2.45) is 22.7 Å². The van der Waals surface area contributed by atoms with E-state index >= 15 is 0 Å². The first-order chi connectivity index (χ1) is 11.5. The Morgan fingerprint density at radius 2 is 1.64 bits per heavy atom. The summed E-state index contributed by atoms with van der Waals surface area (Å²) in [6.07, 6.45) is 5.37. The molecule has 0 unspecified atom stereocenters. The highest BCUT2D eigenvalue weighted by molar-refractivity contribution is 5.40. The van der Waals surface area contributed by atoms with E-state index in [1.807, 2.05) is 6.92 Å². The zero-order valence-electron chi connectivity index (χ0n) is 15.9. The molecule has 4 heteroatoms. The number of hydrogen-bond donors (Lipinski definition) is 3. The number of fused-ring (bicyclic) bond motifs is 1. The van der Waals surface area contributed by atoms with Crippen molar-refractivity contribution in [3.05, 3.63) is 18.2 Å². The first-order valence-corrected chi connectivity index (χ1v) is 9.43. The number of hydrogen-bond acceptors (Lipinski definition) is 4. The van der Waals surface area contributed by atoms with E-state index in [4.69, 9.17) is 4.74 Å². The second-order valence-corrected chi connectivity index (χ2v) is 9.35. The van der Waals surface area contributed by atoms with Gasteiger partial charge < -0.3 is 20.1 Å². The average Bonchev–Trinajstić information content (AvgIpc) is 2.43. The molecular formula is C21H32O4. The molecule has 0 aliphatic heterocycles. The molecular weight excluding hydrogens is 316 g/mol. The molecule has 0 saturated heterocycles. The van der Waals surface area contributed by atoms with Gasteiger partial charge in [-0.3, -0.25) is 0 Å². The lowest BCUT2D eigenvalue weighted by Crippen LogP contribution is -2.59. The predicted octanol–water partition coefficient (Wildman–Crippen LogP) is 4.47. The zero-order valence-corrected chi connectivity index (χ0v) is 15.9. The van der Waals surface area contributed by atoms with Crippen LogP contribution in [0.15, 0.2) is 18.2 Å². The van der Waals surface area contributed by atoms with Crippen LogP contribution in [0.4, 0.5) is 0 Å². The molecule has 0 aromatic heterocycles. The Labute approximate surface area is 150 Å². The Bertz CT molecular complexity index is 617. The minimum absolute atomic E-state index is 0.0165. The number of ether oxygens (including phenoxy) is 1. The van der Waals surface area contributed by atoms with Crippen molar-refractivity contribution in [2.75, 3.05) is 6.61 Å². The molecule has 1 aromatic rings. The lowest BCUT2D eigenvalue weighted by atomic mass is 9.46. The van der Waals surface area contributed by atoms with Gasteiger partial charge in [0, 0.05) is 24.1 Å². The molecule has 3 rings (SSSR count). The summed E-state index contributed by atoms with van der Waals surface area (Å²) >= 11 is 0. The highest BCUT2D eigenvalue weighted by atomic mass is 16.5. The van der Waals surface area contributed by atoms with E-state index in [1.54, 1.807) is 0 Å². The Morgan fingerprint density at radius 3 is 2.28 bits per heavy atom. The first-order valence-electron chi connectivity index (χ1n) is 9.43. The molecule has 0 radical (unpaired) electrons. The van der Waals surface area contributed by atoms with Gasteiger partial charge in [-0.1, -0.05) is 27.2 Å². The number of benzene rings is 1. The topological polar surface area (TPSA) is 69.9 Å². The SMILES string of the molecule is CC1(C)CCC[C@@]2(C)[C@@H](COc3cc(O)cc(O)c3)[C@](C)(O)CC[C@@H]12. The maximum atomic E-state index is 11.1. The normalized spacial score (nSPS) is 37.3. The second kappa shape index (κ2) is 6.08. The second-order valence-electron chi connectivity index (χ2n) is 9.35. The van der Waals surface area contributed by atoms with E-state index in [0.29, 0.717) is 18.3 Å². The van der Waals surface area contributed by atoms with Gasteiger partial charge in [0.1, 0.15) is 17.2 Å². The fourth-order valence-electron chi connectivity index (χ4n) is 5.83. The van der Waals surface area contributed by atoms with E-state index in [-0.39, 0.29) is 28.2 Å². The summed E-state index contributed by atoms with van der Waals surface area (Å²) in [4.78, 5) is 0. The summed E-state index contributed by atoms with van der Waals surface area (Å²) in [6, 6.07) is 4.29. The third kappa shape index (κ3) is 3.33. The third-order valence-corrected chi connectivity index (χ3v) is 7.05. The lowest BCUT2D eigenvalue weighted by molar-refractivity contribution is -0.176. The molecule has 2 aliphatic rings. The van der Waals surface area contributed by atoms with Crippen molar-refractivity contribution >= 4 is 0 Å². The van der Waals surface area contributed by atoms with Gasteiger partial charge in [0.15, 0.2) is 0 Å². The maximum Gasteiger partial charge on any atom is 0.126 e. The molecule has 2 aliphatic carbocycles. The van der Waals surface area contributed by atoms with Gasteiger partial charge in [0.2, 0.25) is 0 Å². The van der Waals surface area contributed by atoms with Gasteiger partial charge >= 0.3 is 0 Å². The number of phenols is 2. The summed E-state index contributed by atoms with van der Waals surface area (Å²) < 4.78 is 5.95. The number of aromatic hydroxyl groups is 2. The van der Waals surface area contributed by atoms with Crippen molar-refractivity contribution < 1.29 is 20.1 Å². The van der Waals surface area contributed by atoms with Crippen molar-refractivity contribution in [3.8, 4) is 17.2 Å². The smallest absolute Gasteiger partial charge is 0.126 e. The standard InChI is InChI=1S/C21H32O4/c1-19(2)7-5-8-20(3)17(19)6-9-21(4,24)18(20)13-25-16-11-14(22)10-15(23)12-16/h10-12,17-18,22-24H,5-9,13H2,1-4H3/t17-,18+,20+,21+/m0/s1. The highest BCUT2D eigenvalue weighted by Crippen LogP contribution is 2.61.